The number of halogens is 1. The number of amides is 1. The molecule has 1 aromatic heterocycles. The molecular formula is C24H25BrN2O2. The number of hydrogen-bond donors (Lipinski definition) is 1. The molecule has 0 radical (unpaired) electrons. The van der Waals surface area contributed by atoms with Crippen LogP contribution in [-0.4, -0.2) is 36.0 Å². The zero-order chi connectivity index (χ0) is 20.0. The SMILES string of the molecule is COc1ccc2[nH]cc(C3CCN(C(=O)C4CC4c4cccc(Br)c4)CC3)c2c1. The maximum atomic E-state index is 13.0. The van der Waals surface area contributed by atoms with E-state index in [0.29, 0.717) is 17.7 Å². The molecule has 2 unspecified atom stereocenters. The van der Waals surface area contributed by atoms with E-state index in [9.17, 15) is 4.79 Å². The first kappa shape index (κ1) is 18.7. The zero-order valence-corrected chi connectivity index (χ0v) is 18.1. The van der Waals surface area contributed by atoms with Crippen LogP contribution in [0.3, 0.4) is 0 Å². The van der Waals surface area contributed by atoms with Crippen molar-refractivity contribution in [1.82, 2.24) is 9.88 Å². The Bertz CT molecular complexity index is 1050. The van der Waals surface area contributed by atoms with Crippen LogP contribution in [0.4, 0.5) is 0 Å². The lowest BCUT2D eigenvalue weighted by Crippen LogP contribution is -2.39. The van der Waals surface area contributed by atoms with Crippen molar-refractivity contribution in [3.63, 3.8) is 0 Å². The number of hydrogen-bond acceptors (Lipinski definition) is 2. The molecule has 1 saturated carbocycles. The normalized spacial score (nSPS) is 22.1. The number of aromatic nitrogens is 1. The van der Waals surface area contributed by atoms with Crippen molar-refractivity contribution in [2.75, 3.05) is 20.2 Å². The number of ether oxygens (including phenoxy) is 1. The number of carbonyl (C=O) groups is 1. The van der Waals surface area contributed by atoms with Crippen molar-refractivity contribution in [3.8, 4) is 5.75 Å². The van der Waals surface area contributed by atoms with Crippen LogP contribution < -0.4 is 4.74 Å². The fourth-order valence-electron chi connectivity index (χ4n) is 4.80. The monoisotopic (exact) mass is 452 g/mol. The lowest BCUT2D eigenvalue weighted by molar-refractivity contribution is -0.133. The van der Waals surface area contributed by atoms with E-state index in [0.717, 1.165) is 48.1 Å². The van der Waals surface area contributed by atoms with Gasteiger partial charge >= 0.3 is 0 Å². The molecule has 3 aromatic rings. The fraction of sp³-hybridized carbons (Fsp3) is 0.375. The van der Waals surface area contributed by atoms with Gasteiger partial charge in [0.1, 0.15) is 5.75 Å². The number of benzene rings is 2. The standard InChI is InChI=1S/C24H25BrN2O2/c1-29-18-5-6-23-20(12-18)22(14-26-23)15-7-9-27(10-8-15)24(28)21-13-19(21)16-3-2-4-17(25)11-16/h2-6,11-12,14-15,19,21,26H,7-10,13H2,1H3. The summed E-state index contributed by atoms with van der Waals surface area (Å²) < 4.78 is 6.49. The van der Waals surface area contributed by atoms with Gasteiger partial charge in [-0.25, -0.2) is 0 Å². The van der Waals surface area contributed by atoms with Gasteiger partial charge in [-0.05, 0) is 72.6 Å². The molecule has 150 valence electrons. The second kappa shape index (κ2) is 7.52. The highest BCUT2D eigenvalue weighted by Gasteiger charge is 2.46. The third-order valence-electron chi connectivity index (χ3n) is 6.55. The number of nitrogens with zero attached hydrogens (tertiary/aromatic N) is 1. The first-order chi connectivity index (χ1) is 14.1. The molecule has 1 amide bonds. The minimum absolute atomic E-state index is 0.165. The van der Waals surface area contributed by atoms with Gasteiger partial charge in [-0.1, -0.05) is 28.1 Å². The molecule has 5 rings (SSSR count). The van der Waals surface area contributed by atoms with Gasteiger partial charge in [0.25, 0.3) is 0 Å². The number of carbonyl (C=O) groups excluding carboxylic acids is 1. The molecule has 2 fully saturated rings. The molecule has 0 spiro atoms. The Balaban J connectivity index is 1.24. The predicted octanol–water partition coefficient (Wildman–Crippen LogP) is 5.45. The molecule has 1 aliphatic carbocycles. The van der Waals surface area contributed by atoms with Crippen LogP contribution in [0.5, 0.6) is 5.75 Å². The number of fused-ring (bicyclic) bond motifs is 1. The van der Waals surface area contributed by atoms with Gasteiger partial charge in [0.05, 0.1) is 7.11 Å². The van der Waals surface area contributed by atoms with E-state index >= 15 is 0 Å². The molecule has 0 bridgehead atoms. The molecule has 1 aliphatic heterocycles. The highest BCUT2D eigenvalue weighted by atomic mass is 79.9. The molecule has 2 aromatic carbocycles. The van der Waals surface area contributed by atoms with Crippen molar-refractivity contribution in [1.29, 1.82) is 0 Å². The molecular weight excluding hydrogens is 428 g/mol. The number of likely N-dealkylation sites (tertiary alicyclic amines) is 1. The van der Waals surface area contributed by atoms with E-state index < -0.39 is 0 Å². The Morgan fingerprint density at radius 1 is 1.17 bits per heavy atom. The van der Waals surface area contributed by atoms with E-state index in [-0.39, 0.29) is 5.92 Å². The number of methoxy groups -OCH3 is 1. The summed E-state index contributed by atoms with van der Waals surface area (Å²) in [6.45, 7) is 1.70. The summed E-state index contributed by atoms with van der Waals surface area (Å²) in [6, 6.07) is 14.6. The lowest BCUT2D eigenvalue weighted by Gasteiger charge is -2.32. The first-order valence-electron chi connectivity index (χ1n) is 10.3. The Kier molecular flexibility index (Phi) is 4.86. The molecule has 29 heavy (non-hydrogen) atoms. The molecule has 2 atom stereocenters. The van der Waals surface area contributed by atoms with Crippen LogP contribution in [0.1, 0.15) is 42.2 Å². The second-order valence-corrected chi connectivity index (χ2v) is 9.17. The van der Waals surface area contributed by atoms with Crippen molar-refractivity contribution < 1.29 is 9.53 Å². The van der Waals surface area contributed by atoms with Crippen LogP contribution in [0.25, 0.3) is 10.9 Å². The highest BCUT2D eigenvalue weighted by Crippen LogP contribution is 2.49. The third-order valence-corrected chi connectivity index (χ3v) is 7.05. The Labute approximate surface area is 179 Å². The predicted molar refractivity (Wildman–Crippen MR) is 118 cm³/mol. The van der Waals surface area contributed by atoms with E-state index in [4.69, 9.17) is 4.74 Å². The lowest BCUT2D eigenvalue weighted by atomic mass is 9.89. The number of H-pyrrole nitrogens is 1. The quantitative estimate of drug-likeness (QED) is 0.571. The largest absolute Gasteiger partial charge is 0.497 e. The van der Waals surface area contributed by atoms with Gasteiger partial charge < -0.3 is 14.6 Å². The van der Waals surface area contributed by atoms with Gasteiger partial charge in [-0.15, -0.1) is 0 Å². The summed E-state index contributed by atoms with van der Waals surface area (Å²) in [4.78, 5) is 18.5. The topological polar surface area (TPSA) is 45.3 Å². The maximum Gasteiger partial charge on any atom is 0.226 e. The average molecular weight is 453 g/mol. The smallest absolute Gasteiger partial charge is 0.226 e. The van der Waals surface area contributed by atoms with Crippen LogP contribution in [0, 0.1) is 5.92 Å². The van der Waals surface area contributed by atoms with Gasteiger partial charge in [-0.3, -0.25) is 4.79 Å². The third kappa shape index (κ3) is 3.57. The van der Waals surface area contributed by atoms with Gasteiger partial charge in [0.2, 0.25) is 5.91 Å². The van der Waals surface area contributed by atoms with Crippen molar-refractivity contribution in [3.05, 3.63) is 64.3 Å². The number of aromatic amines is 1. The molecule has 1 saturated heterocycles. The minimum atomic E-state index is 0.165. The molecule has 2 aliphatic rings. The molecule has 2 heterocycles. The van der Waals surface area contributed by atoms with Crippen LogP contribution >= 0.6 is 15.9 Å². The highest BCUT2D eigenvalue weighted by molar-refractivity contribution is 9.10. The molecule has 1 N–H and O–H groups in total. The summed E-state index contributed by atoms with van der Waals surface area (Å²) >= 11 is 3.54. The summed E-state index contributed by atoms with van der Waals surface area (Å²) in [7, 11) is 1.71. The summed E-state index contributed by atoms with van der Waals surface area (Å²) in [5.41, 5.74) is 3.78. The van der Waals surface area contributed by atoms with Crippen LogP contribution in [0.2, 0.25) is 0 Å². The fourth-order valence-corrected chi connectivity index (χ4v) is 5.22. The van der Waals surface area contributed by atoms with Crippen LogP contribution in [-0.2, 0) is 4.79 Å². The minimum Gasteiger partial charge on any atom is -0.497 e. The van der Waals surface area contributed by atoms with E-state index in [1.807, 2.05) is 12.1 Å². The van der Waals surface area contributed by atoms with Gasteiger partial charge in [-0.2, -0.15) is 0 Å². The van der Waals surface area contributed by atoms with Gasteiger partial charge in [0, 0.05) is 40.6 Å². The van der Waals surface area contributed by atoms with Gasteiger partial charge in [0.15, 0.2) is 0 Å². The summed E-state index contributed by atoms with van der Waals surface area (Å²) in [6.07, 6.45) is 5.16. The van der Waals surface area contributed by atoms with Crippen molar-refractivity contribution in [2.45, 2.75) is 31.1 Å². The molecule has 4 nitrogen and oxygen atoms in total. The number of nitrogens with one attached hydrogen (secondary N) is 1. The summed E-state index contributed by atoms with van der Waals surface area (Å²) in [5.74, 6) is 2.27. The Hall–Kier alpha value is -2.27. The van der Waals surface area contributed by atoms with E-state index in [1.54, 1.807) is 7.11 Å². The maximum absolute atomic E-state index is 13.0. The first-order valence-corrected chi connectivity index (χ1v) is 11.1. The van der Waals surface area contributed by atoms with E-state index in [2.05, 4.69) is 62.3 Å². The summed E-state index contributed by atoms with van der Waals surface area (Å²) in [5, 5.41) is 1.24. The molecule has 5 heteroatoms. The van der Waals surface area contributed by atoms with E-state index in [1.165, 1.54) is 16.5 Å². The van der Waals surface area contributed by atoms with Crippen LogP contribution in [0.15, 0.2) is 53.1 Å². The average Bonchev–Trinajstić information content (AvgIpc) is 3.45. The zero-order valence-electron chi connectivity index (χ0n) is 16.5. The Morgan fingerprint density at radius 2 is 2.00 bits per heavy atom. The number of rotatable bonds is 4. The number of piperidine rings is 1. The van der Waals surface area contributed by atoms with Crippen molar-refractivity contribution in [2.24, 2.45) is 5.92 Å². The Morgan fingerprint density at radius 3 is 2.76 bits per heavy atom. The second-order valence-electron chi connectivity index (χ2n) is 8.26. The van der Waals surface area contributed by atoms with Crippen molar-refractivity contribution >= 4 is 32.7 Å².